The van der Waals surface area contributed by atoms with E-state index in [0.29, 0.717) is 12.1 Å². The number of ether oxygens (including phenoxy) is 1. The van der Waals surface area contributed by atoms with Crippen LogP contribution in [0.1, 0.15) is 23.3 Å². The largest absolute Gasteiger partial charge is 0.379 e. The van der Waals surface area contributed by atoms with Crippen LogP contribution < -0.4 is 5.32 Å². The first-order valence-corrected chi connectivity index (χ1v) is 8.94. The van der Waals surface area contributed by atoms with Gasteiger partial charge < -0.3 is 10.1 Å². The van der Waals surface area contributed by atoms with E-state index in [1.807, 2.05) is 11.1 Å². The second-order valence-electron chi connectivity index (χ2n) is 6.44. The van der Waals surface area contributed by atoms with Gasteiger partial charge in [0.2, 0.25) is 0 Å². The first kappa shape index (κ1) is 16.5. The van der Waals surface area contributed by atoms with Crippen LogP contribution in [0.3, 0.4) is 0 Å². The minimum Gasteiger partial charge on any atom is -0.379 e. The third kappa shape index (κ3) is 4.35. The van der Waals surface area contributed by atoms with Gasteiger partial charge in [-0.2, -0.15) is 5.06 Å². The molecular formula is C21H24N2O2. The highest BCUT2D eigenvalue weighted by molar-refractivity contribution is 5.30. The van der Waals surface area contributed by atoms with Crippen LogP contribution in [0.2, 0.25) is 0 Å². The highest BCUT2D eigenvalue weighted by Gasteiger charge is 2.35. The van der Waals surface area contributed by atoms with Gasteiger partial charge in [0.1, 0.15) is 6.10 Å². The van der Waals surface area contributed by atoms with Gasteiger partial charge in [0, 0.05) is 19.1 Å². The summed E-state index contributed by atoms with van der Waals surface area (Å²) in [5.41, 5.74) is 2.50. The van der Waals surface area contributed by atoms with Gasteiger partial charge in [-0.25, -0.2) is 0 Å². The van der Waals surface area contributed by atoms with Gasteiger partial charge in [-0.05, 0) is 11.1 Å². The van der Waals surface area contributed by atoms with Crippen molar-refractivity contribution >= 4 is 0 Å². The van der Waals surface area contributed by atoms with Crippen LogP contribution in [-0.2, 0) is 9.57 Å². The van der Waals surface area contributed by atoms with Crippen molar-refractivity contribution in [2.75, 3.05) is 26.3 Å². The van der Waals surface area contributed by atoms with Gasteiger partial charge in [0.05, 0.1) is 19.3 Å². The van der Waals surface area contributed by atoms with Crippen molar-refractivity contribution in [3.63, 3.8) is 0 Å². The molecule has 2 aliphatic heterocycles. The van der Waals surface area contributed by atoms with Gasteiger partial charge in [0.25, 0.3) is 0 Å². The summed E-state index contributed by atoms with van der Waals surface area (Å²) in [6, 6.07) is 21.7. The number of hydrogen-bond acceptors (Lipinski definition) is 4. The molecule has 25 heavy (non-hydrogen) atoms. The zero-order valence-corrected chi connectivity index (χ0v) is 14.3. The topological polar surface area (TPSA) is 43.6 Å². The number of hydroxylamine groups is 2. The smallest absolute Gasteiger partial charge is 0.123 e. The zero-order chi connectivity index (χ0) is 16.9. The number of hydrogen-bond donors (Lipinski definition) is 1. The molecule has 4 nitrogen and oxygen atoms in total. The first-order chi connectivity index (χ1) is 12.4. The molecule has 4 heteroatoms. The molecule has 0 bridgehead atoms. The molecule has 0 aliphatic carbocycles. The molecule has 2 heterocycles. The molecule has 0 aromatic heterocycles. The molecule has 2 aromatic rings. The highest BCUT2D eigenvalue weighted by atomic mass is 16.7. The quantitative estimate of drug-likeness (QED) is 0.649. The predicted molar refractivity (Wildman–Crippen MR) is 97.9 cm³/mol. The lowest BCUT2D eigenvalue weighted by atomic mass is 10.1. The Morgan fingerprint density at radius 3 is 2.40 bits per heavy atom. The molecule has 0 radical (unpaired) electrons. The Morgan fingerprint density at radius 2 is 1.68 bits per heavy atom. The van der Waals surface area contributed by atoms with Crippen molar-refractivity contribution in [2.24, 2.45) is 0 Å². The fourth-order valence-corrected chi connectivity index (χ4v) is 3.17. The van der Waals surface area contributed by atoms with E-state index in [9.17, 15) is 0 Å². The van der Waals surface area contributed by atoms with E-state index in [2.05, 4.69) is 72.1 Å². The van der Waals surface area contributed by atoms with E-state index in [-0.39, 0.29) is 6.10 Å². The van der Waals surface area contributed by atoms with Crippen molar-refractivity contribution in [1.29, 1.82) is 0 Å². The lowest BCUT2D eigenvalue weighted by Gasteiger charge is -2.29. The molecule has 2 saturated heterocycles. The Labute approximate surface area is 149 Å². The van der Waals surface area contributed by atoms with Crippen molar-refractivity contribution in [2.45, 2.75) is 18.2 Å². The van der Waals surface area contributed by atoms with Gasteiger partial charge in [-0.15, -0.1) is 0 Å². The Kier molecular flexibility index (Phi) is 5.23. The summed E-state index contributed by atoms with van der Waals surface area (Å²) in [4.78, 5) is 6.24. The van der Waals surface area contributed by atoms with E-state index in [1.54, 1.807) is 0 Å². The van der Waals surface area contributed by atoms with Crippen molar-refractivity contribution in [3.8, 4) is 0 Å². The van der Waals surface area contributed by atoms with Crippen LogP contribution in [0.25, 0.3) is 0 Å². The summed E-state index contributed by atoms with van der Waals surface area (Å²) in [6.07, 6.45) is 4.33. The van der Waals surface area contributed by atoms with E-state index < -0.39 is 0 Å². The predicted octanol–water partition coefficient (Wildman–Crippen LogP) is 3.26. The Hall–Kier alpha value is -1.98. The zero-order valence-electron chi connectivity index (χ0n) is 14.3. The molecule has 0 unspecified atom stereocenters. The normalized spacial score (nSPS) is 25.1. The van der Waals surface area contributed by atoms with E-state index in [0.717, 1.165) is 26.3 Å². The van der Waals surface area contributed by atoms with E-state index in [4.69, 9.17) is 9.57 Å². The van der Waals surface area contributed by atoms with Crippen molar-refractivity contribution in [3.05, 3.63) is 83.9 Å². The lowest BCUT2D eigenvalue weighted by Crippen LogP contribution is -2.37. The Morgan fingerprint density at radius 1 is 1.00 bits per heavy atom. The number of morpholine rings is 1. The maximum atomic E-state index is 6.24. The number of benzene rings is 2. The van der Waals surface area contributed by atoms with Crippen molar-refractivity contribution < 1.29 is 9.57 Å². The summed E-state index contributed by atoms with van der Waals surface area (Å²) in [5, 5.41) is 5.53. The van der Waals surface area contributed by atoms with Crippen LogP contribution >= 0.6 is 0 Å². The van der Waals surface area contributed by atoms with Crippen LogP contribution in [0, 0.1) is 0 Å². The second kappa shape index (κ2) is 7.93. The molecule has 3 atom stereocenters. The van der Waals surface area contributed by atoms with E-state index in [1.165, 1.54) is 11.1 Å². The van der Waals surface area contributed by atoms with Crippen molar-refractivity contribution in [1.82, 2.24) is 10.4 Å². The minimum atomic E-state index is -0.0712. The summed E-state index contributed by atoms with van der Waals surface area (Å²) in [5.74, 6) is 0. The summed E-state index contributed by atoms with van der Waals surface area (Å²) < 4.78 is 5.41. The third-order valence-electron chi connectivity index (χ3n) is 4.63. The van der Waals surface area contributed by atoms with Gasteiger partial charge >= 0.3 is 0 Å². The molecule has 2 aromatic carbocycles. The molecule has 130 valence electrons. The molecular weight excluding hydrogens is 312 g/mol. The molecule has 2 aliphatic rings. The highest BCUT2D eigenvalue weighted by Crippen LogP contribution is 2.31. The van der Waals surface area contributed by atoms with E-state index >= 15 is 0 Å². The SMILES string of the molecule is C(=C[C@@H]1N[C@@H]1c1ccccc1)[C@H](ON1CCOCC1)c1ccccc1. The maximum absolute atomic E-state index is 6.24. The fraction of sp³-hybridized carbons (Fsp3) is 0.333. The Bertz CT molecular complexity index is 684. The number of rotatable bonds is 6. The standard InChI is InChI=1S/C21H24N2O2/c1-3-7-17(8-4-1)20(25-23-13-15-24-16-14-23)12-11-19-21(22-19)18-9-5-2-6-10-18/h1-12,19-22H,13-16H2/t19-,20-,21+/m0/s1. The van der Waals surface area contributed by atoms with Gasteiger partial charge in [-0.3, -0.25) is 4.84 Å². The second-order valence-corrected chi connectivity index (χ2v) is 6.44. The average molecular weight is 336 g/mol. The van der Waals surface area contributed by atoms with Crippen LogP contribution in [0.5, 0.6) is 0 Å². The summed E-state index contributed by atoms with van der Waals surface area (Å²) in [6.45, 7) is 3.08. The van der Waals surface area contributed by atoms with Crippen LogP contribution in [0.15, 0.2) is 72.8 Å². The molecule has 1 N–H and O–H groups in total. The minimum absolute atomic E-state index is 0.0712. The molecule has 0 spiro atoms. The third-order valence-corrected chi connectivity index (χ3v) is 4.63. The molecule has 0 amide bonds. The molecule has 2 fully saturated rings. The fourth-order valence-electron chi connectivity index (χ4n) is 3.17. The summed E-state index contributed by atoms with van der Waals surface area (Å²) >= 11 is 0. The summed E-state index contributed by atoms with van der Waals surface area (Å²) in [7, 11) is 0. The monoisotopic (exact) mass is 336 g/mol. The van der Waals surface area contributed by atoms with Crippen LogP contribution in [0.4, 0.5) is 0 Å². The first-order valence-electron chi connectivity index (χ1n) is 8.94. The molecule has 4 rings (SSSR count). The van der Waals surface area contributed by atoms with Gasteiger partial charge in [-0.1, -0.05) is 72.8 Å². The average Bonchev–Trinajstić information content (AvgIpc) is 3.47. The lowest BCUT2D eigenvalue weighted by molar-refractivity contribution is -0.216. The van der Waals surface area contributed by atoms with Crippen LogP contribution in [-0.4, -0.2) is 37.4 Å². The molecule has 0 saturated carbocycles. The number of nitrogens with zero attached hydrogens (tertiary/aromatic N) is 1. The maximum Gasteiger partial charge on any atom is 0.123 e. The number of nitrogens with one attached hydrogen (secondary N) is 1. The van der Waals surface area contributed by atoms with Gasteiger partial charge in [0.15, 0.2) is 0 Å². The Balaban J connectivity index is 1.43.